The summed E-state index contributed by atoms with van der Waals surface area (Å²) >= 11 is 6.21. The maximum atomic E-state index is 12.3. The van der Waals surface area contributed by atoms with Crippen LogP contribution < -0.4 is 10.2 Å². The van der Waals surface area contributed by atoms with Gasteiger partial charge < -0.3 is 20.1 Å². The number of amides is 1. The zero-order valence-corrected chi connectivity index (χ0v) is 18.7. The van der Waals surface area contributed by atoms with Gasteiger partial charge in [-0.05, 0) is 49.3 Å². The number of carbonyl (C=O) groups is 2. The summed E-state index contributed by atoms with van der Waals surface area (Å²) in [4.78, 5) is 34.7. The smallest absolute Gasteiger partial charge is 0.407 e. The Morgan fingerprint density at radius 2 is 2.00 bits per heavy atom. The molecule has 9 heteroatoms. The number of aliphatic carboxylic acids is 1. The molecule has 32 heavy (non-hydrogen) atoms. The molecule has 1 unspecified atom stereocenters. The molecule has 1 aromatic carbocycles. The second-order valence-electron chi connectivity index (χ2n) is 8.46. The van der Waals surface area contributed by atoms with Gasteiger partial charge in [0.1, 0.15) is 18.5 Å². The van der Waals surface area contributed by atoms with E-state index in [0.717, 1.165) is 31.2 Å². The van der Waals surface area contributed by atoms with Crippen LogP contribution in [0, 0.1) is 5.92 Å². The lowest BCUT2D eigenvalue weighted by atomic mass is 9.85. The fraction of sp³-hybridized carbons (Fsp3) is 0.478. The summed E-state index contributed by atoms with van der Waals surface area (Å²) < 4.78 is 5.29. The molecule has 170 valence electrons. The zero-order valence-electron chi connectivity index (χ0n) is 17.9. The minimum Gasteiger partial charge on any atom is -0.480 e. The second kappa shape index (κ2) is 9.73. The molecular weight excluding hydrogens is 432 g/mol. The third-order valence-electron chi connectivity index (χ3n) is 6.33. The lowest BCUT2D eigenvalue weighted by molar-refractivity contribution is -0.138. The summed E-state index contributed by atoms with van der Waals surface area (Å²) in [7, 11) is 0. The van der Waals surface area contributed by atoms with Gasteiger partial charge in [0.05, 0.1) is 11.7 Å². The van der Waals surface area contributed by atoms with Crippen LogP contribution >= 0.6 is 11.6 Å². The molecule has 1 saturated heterocycles. The topological polar surface area (TPSA) is 105 Å². The Bertz CT molecular complexity index is 974. The van der Waals surface area contributed by atoms with Gasteiger partial charge in [-0.3, -0.25) is 0 Å². The molecule has 1 saturated carbocycles. The van der Waals surface area contributed by atoms with E-state index in [1.807, 2.05) is 35.2 Å². The Balaban J connectivity index is 1.49. The number of carboxylic acids is 1. The summed E-state index contributed by atoms with van der Waals surface area (Å²) in [5.74, 6) is -0.0231. The van der Waals surface area contributed by atoms with Crippen molar-refractivity contribution < 1.29 is 19.4 Å². The SMILES string of the molecule is CC(NC(=O)OCc1ccccc1)c1cc(N2[C@H](C(=O)O)C[C@@H]3CCCC[C@@H]32)nc(Cl)n1. The Morgan fingerprint density at radius 3 is 2.75 bits per heavy atom. The van der Waals surface area contributed by atoms with Crippen LogP contribution in [0.4, 0.5) is 10.6 Å². The molecule has 0 bridgehead atoms. The third-order valence-corrected chi connectivity index (χ3v) is 6.50. The van der Waals surface area contributed by atoms with Gasteiger partial charge in [0, 0.05) is 12.1 Å². The molecule has 2 aromatic rings. The van der Waals surface area contributed by atoms with Crippen molar-refractivity contribution in [3.8, 4) is 0 Å². The first kappa shape index (κ1) is 22.3. The number of ether oxygens (including phenoxy) is 1. The lowest BCUT2D eigenvalue weighted by Gasteiger charge is -2.34. The standard InChI is InChI=1S/C23H27ClN4O4/c1-14(25-23(31)32-13-15-7-3-2-4-8-15)17-12-20(27-22(24)26-17)28-18-10-6-5-9-16(18)11-19(28)21(29)30/h2-4,7-8,12,14,16,18-19H,5-6,9-11,13H2,1H3,(H,25,31)(H,29,30)/t14?,16-,18-,19-/m0/s1. The normalized spacial score (nSPS) is 23.3. The molecule has 1 aliphatic carbocycles. The van der Waals surface area contributed by atoms with Crippen molar-refractivity contribution in [1.29, 1.82) is 0 Å². The third kappa shape index (κ3) is 4.96. The van der Waals surface area contributed by atoms with E-state index in [4.69, 9.17) is 16.3 Å². The van der Waals surface area contributed by atoms with E-state index in [0.29, 0.717) is 23.9 Å². The molecule has 0 spiro atoms. The number of hydrogen-bond acceptors (Lipinski definition) is 6. The molecule has 4 atom stereocenters. The highest BCUT2D eigenvalue weighted by Crippen LogP contribution is 2.42. The molecule has 1 aromatic heterocycles. The molecule has 2 heterocycles. The fourth-order valence-electron chi connectivity index (χ4n) is 4.80. The number of carboxylic acid groups (broad SMARTS) is 1. The number of halogens is 1. The summed E-state index contributed by atoms with van der Waals surface area (Å²) in [6.45, 7) is 1.93. The Labute approximate surface area is 192 Å². The largest absolute Gasteiger partial charge is 0.480 e. The molecular formula is C23H27ClN4O4. The number of fused-ring (bicyclic) bond motifs is 1. The number of anilines is 1. The van der Waals surface area contributed by atoms with E-state index < -0.39 is 24.1 Å². The van der Waals surface area contributed by atoms with Crippen molar-refractivity contribution in [2.45, 2.75) is 63.8 Å². The van der Waals surface area contributed by atoms with Crippen molar-refractivity contribution in [3.63, 3.8) is 0 Å². The highest BCUT2D eigenvalue weighted by atomic mass is 35.5. The van der Waals surface area contributed by atoms with Gasteiger partial charge >= 0.3 is 12.1 Å². The van der Waals surface area contributed by atoms with Crippen molar-refractivity contribution in [1.82, 2.24) is 15.3 Å². The number of benzene rings is 1. The van der Waals surface area contributed by atoms with Crippen LogP contribution in [-0.4, -0.2) is 39.2 Å². The molecule has 2 fully saturated rings. The molecule has 0 radical (unpaired) electrons. The summed E-state index contributed by atoms with van der Waals surface area (Å²) in [5, 5.41) is 12.6. The average Bonchev–Trinajstić information content (AvgIpc) is 3.18. The fourth-order valence-corrected chi connectivity index (χ4v) is 4.99. The van der Waals surface area contributed by atoms with E-state index >= 15 is 0 Å². The minimum absolute atomic E-state index is 0.0206. The van der Waals surface area contributed by atoms with Crippen LogP contribution in [0.5, 0.6) is 0 Å². The van der Waals surface area contributed by atoms with E-state index in [9.17, 15) is 14.7 Å². The number of nitrogens with one attached hydrogen (secondary N) is 1. The van der Waals surface area contributed by atoms with Gasteiger partial charge in [-0.15, -0.1) is 0 Å². The maximum Gasteiger partial charge on any atom is 0.407 e. The van der Waals surface area contributed by atoms with Gasteiger partial charge in [-0.1, -0.05) is 43.2 Å². The first-order valence-electron chi connectivity index (χ1n) is 10.9. The quantitative estimate of drug-likeness (QED) is 0.620. The lowest BCUT2D eigenvalue weighted by Crippen LogP contribution is -2.43. The van der Waals surface area contributed by atoms with Crippen LogP contribution in [0.3, 0.4) is 0 Å². The second-order valence-corrected chi connectivity index (χ2v) is 8.79. The van der Waals surface area contributed by atoms with Crippen LogP contribution in [-0.2, 0) is 16.1 Å². The Kier molecular flexibility index (Phi) is 6.79. The predicted octanol–water partition coefficient (Wildman–Crippen LogP) is 4.34. The van der Waals surface area contributed by atoms with Crippen LogP contribution in [0.2, 0.25) is 5.28 Å². The van der Waals surface area contributed by atoms with Gasteiger partial charge in [-0.25, -0.2) is 19.6 Å². The number of nitrogens with zero attached hydrogens (tertiary/aromatic N) is 3. The molecule has 1 aliphatic heterocycles. The first-order chi connectivity index (χ1) is 15.4. The first-order valence-corrected chi connectivity index (χ1v) is 11.3. The Hall–Kier alpha value is -2.87. The van der Waals surface area contributed by atoms with E-state index in [-0.39, 0.29) is 17.9 Å². The number of carbonyl (C=O) groups excluding carboxylic acids is 1. The summed E-state index contributed by atoms with van der Waals surface area (Å²) in [6.07, 6.45) is 4.20. The maximum absolute atomic E-state index is 12.3. The van der Waals surface area contributed by atoms with E-state index in [1.54, 1.807) is 13.0 Å². The number of rotatable bonds is 6. The van der Waals surface area contributed by atoms with Gasteiger partial charge in [0.25, 0.3) is 0 Å². The number of alkyl carbamates (subject to hydrolysis) is 1. The van der Waals surface area contributed by atoms with Crippen molar-refractivity contribution in [2.75, 3.05) is 4.90 Å². The van der Waals surface area contributed by atoms with Gasteiger partial charge in [0.2, 0.25) is 5.28 Å². The highest BCUT2D eigenvalue weighted by Gasteiger charge is 2.46. The zero-order chi connectivity index (χ0) is 22.7. The van der Waals surface area contributed by atoms with E-state index in [1.165, 1.54) is 0 Å². The van der Waals surface area contributed by atoms with Crippen molar-refractivity contribution in [2.24, 2.45) is 5.92 Å². The molecule has 2 aliphatic rings. The number of aromatic nitrogens is 2. The van der Waals surface area contributed by atoms with Crippen LogP contribution in [0.25, 0.3) is 0 Å². The average molecular weight is 459 g/mol. The molecule has 8 nitrogen and oxygen atoms in total. The molecule has 2 N–H and O–H groups in total. The highest BCUT2D eigenvalue weighted by molar-refractivity contribution is 6.28. The van der Waals surface area contributed by atoms with Crippen molar-refractivity contribution in [3.05, 3.63) is 52.9 Å². The van der Waals surface area contributed by atoms with Crippen LogP contribution in [0.1, 0.15) is 56.3 Å². The molecule has 4 rings (SSSR count). The molecule has 1 amide bonds. The minimum atomic E-state index is -0.855. The van der Waals surface area contributed by atoms with Crippen LogP contribution in [0.15, 0.2) is 36.4 Å². The van der Waals surface area contributed by atoms with E-state index in [2.05, 4.69) is 15.3 Å². The predicted molar refractivity (Wildman–Crippen MR) is 119 cm³/mol. The van der Waals surface area contributed by atoms with Crippen molar-refractivity contribution >= 4 is 29.5 Å². The Morgan fingerprint density at radius 1 is 1.25 bits per heavy atom. The van der Waals surface area contributed by atoms with Gasteiger partial charge in [0.15, 0.2) is 0 Å². The summed E-state index contributed by atoms with van der Waals surface area (Å²) in [6, 6.07) is 10.1. The number of hydrogen-bond donors (Lipinski definition) is 2. The summed E-state index contributed by atoms with van der Waals surface area (Å²) in [5.41, 5.74) is 1.39. The monoisotopic (exact) mass is 458 g/mol. The van der Waals surface area contributed by atoms with Gasteiger partial charge in [-0.2, -0.15) is 0 Å².